The van der Waals surface area contributed by atoms with E-state index in [-0.39, 0.29) is 0 Å². The molecular weight excluding hydrogens is 240 g/mol. The van der Waals surface area contributed by atoms with Crippen molar-refractivity contribution in [3.63, 3.8) is 0 Å². The van der Waals surface area contributed by atoms with Crippen molar-refractivity contribution in [2.45, 2.75) is 31.9 Å². The standard InChI is InChI=1S/C14H24N4O/c1-14(2,19)10-17-13-8-12(4-6-16-13)18-7-5-11(9-18)15-3/h4,6,8,11,15,19H,5,7,9-10H2,1-3H3,(H,16,17)/t11-/m0/s1. The molecule has 0 unspecified atom stereocenters. The molecule has 1 aromatic rings. The van der Waals surface area contributed by atoms with Gasteiger partial charge in [-0.1, -0.05) is 0 Å². The Bertz CT molecular complexity index is 416. The summed E-state index contributed by atoms with van der Waals surface area (Å²) >= 11 is 0. The minimum absolute atomic E-state index is 0.489. The van der Waals surface area contributed by atoms with Crippen molar-refractivity contribution in [2.24, 2.45) is 0 Å². The first kappa shape index (κ1) is 14.1. The molecule has 2 rings (SSSR count). The highest BCUT2D eigenvalue weighted by atomic mass is 16.3. The van der Waals surface area contributed by atoms with E-state index in [1.54, 1.807) is 13.8 Å². The summed E-state index contributed by atoms with van der Waals surface area (Å²) in [6, 6.07) is 4.65. The summed E-state index contributed by atoms with van der Waals surface area (Å²) in [4.78, 5) is 6.65. The van der Waals surface area contributed by atoms with Crippen molar-refractivity contribution >= 4 is 11.5 Å². The molecule has 2 heterocycles. The lowest BCUT2D eigenvalue weighted by atomic mass is 10.1. The van der Waals surface area contributed by atoms with Crippen LogP contribution in [0, 0.1) is 0 Å². The summed E-state index contributed by atoms with van der Waals surface area (Å²) in [6.07, 6.45) is 2.99. The number of pyridine rings is 1. The number of hydrogen-bond acceptors (Lipinski definition) is 5. The van der Waals surface area contributed by atoms with Crippen molar-refractivity contribution in [1.82, 2.24) is 10.3 Å². The fraction of sp³-hybridized carbons (Fsp3) is 0.643. The molecule has 5 nitrogen and oxygen atoms in total. The summed E-state index contributed by atoms with van der Waals surface area (Å²) in [6.45, 7) is 6.15. The van der Waals surface area contributed by atoms with Crippen LogP contribution in [0.2, 0.25) is 0 Å². The summed E-state index contributed by atoms with van der Waals surface area (Å²) in [7, 11) is 2.01. The Morgan fingerprint density at radius 1 is 1.53 bits per heavy atom. The Balaban J connectivity index is 1.99. The molecule has 0 radical (unpaired) electrons. The zero-order valence-corrected chi connectivity index (χ0v) is 12.0. The van der Waals surface area contributed by atoms with Crippen LogP contribution in [0.4, 0.5) is 11.5 Å². The fourth-order valence-corrected chi connectivity index (χ4v) is 2.25. The number of nitrogens with zero attached hydrogens (tertiary/aromatic N) is 2. The summed E-state index contributed by atoms with van der Waals surface area (Å²) < 4.78 is 0. The van der Waals surface area contributed by atoms with Gasteiger partial charge in [0.1, 0.15) is 5.82 Å². The number of hydrogen-bond donors (Lipinski definition) is 3. The second-order valence-corrected chi connectivity index (χ2v) is 5.79. The largest absolute Gasteiger partial charge is 0.389 e. The lowest BCUT2D eigenvalue weighted by molar-refractivity contribution is 0.0944. The van der Waals surface area contributed by atoms with Crippen molar-refractivity contribution in [3.05, 3.63) is 18.3 Å². The van der Waals surface area contributed by atoms with Gasteiger partial charge in [-0.05, 0) is 33.4 Å². The first-order valence-corrected chi connectivity index (χ1v) is 6.82. The predicted octanol–water partition coefficient (Wildman–Crippen LogP) is 1.06. The van der Waals surface area contributed by atoms with Crippen LogP contribution in [0.25, 0.3) is 0 Å². The van der Waals surface area contributed by atoms with E-state index < -0.39 is 5.60 Å². The van der Waals surface area contributed by atoms with Crippen LogP contribution in [0.3, 0.4) is 0 Å². The maximum absolute atomic E-state index is 9.72. The molecule has 0 aromatic carbocycles. The molecule has 1 fully saturated rings. The molecule has 3 N–H and O–H groups in total. The lowest BCUT2D eigenvalue weighted by Crippen LogP contribution is -2.30. The molecule has 5 heteroatoms. The topological polar surface area (TPSA) is 60.4 Å². The van der Waals surface area contributed by atoms with Crippen LogP contribution in [0.15, 0.2) is 18.3 Å². The van der Waals surface area contributed by atoms with Crippen molar-refractivity contribution in [2.75, 3.05) is 36.9 Å². The number of aliphatic hydroxyl groups is 1. The molecule has 1 atom stereocenters. The first-order chi connectivity index (χ1) is 8.98. The number of rotatable bonds is 5. The third kappa shape index (κ3) is 4.08. The van der Waals surface area contributed by atoms with Gasteiger partial charge in [-0.25, -0.2) is 4.98 Å². The molecule has 0 saturated carbocycles. The number of likely N-dealkylation sites (N-methyl/N-ethyl adjacent to an activating group) is 1. The lowest BCUT2D eigenvalue weighted by Gasteiger charge is -2.21. The van der Waals surface area contributed by atoms with Crippen molar-refractivity contribution in [3.8, 4) is 0 Å². The molecule has 1 saturated heterocycles. The number of aromatic nitrogens is 1. The minimum atomic E-state index is -0.734. The van der Waals surface area contributed by atoms with Gasteiger partial charge < -0.3 is 20.6 Å². The molecule has 1 aromatic heterocycles. The molecule has 0 amide bonds. The fourth-order valence-electron chi connectivity index (χ4n) is 2.25. The molecule has 1 aliphatic rings. The minimum Gasteiger partial charge on any atom is -0.389 e. The van der Waals surface area contributed by atoms with Gasteiger partial charge in [-0.3, -0.25) is 0 Å². The first-order valence-electron chi connectivity index (χ1n) is 6.82. The second-order valence-electron chi connectivity index (χ2n) is 5.79. The Hall–Kier alpha value is -1.33. The normalized spacial score (nSPS) is 19.8. The van der Waals surface area contributed by atoms with Crippen LogP contribution in [-0.2, 0) is 0 Å². The van der Waals surface area contributed by atoms with Crippen LogP contribution in [0.1, 0.15) is 20.3 Å². The molecule has 0 bridgehead atoms. The summed E-state index contributed by atoms with van der Waals surface area (Å²) in [5.74, 6) is 0.813. The molecular formula is C14H24N4O. The van der Waals surface area contributed by atoms with E-state index >= 15 is 0 Å². The van der Waals surface area contributed by atoms with Gasteiger partial charge in [0.05, 0.1) is 5.60 Å². The van der Waals surface area contributed by atoms with Gasteiger partial charge in [0.15, 0.2) is 0 Å². The molecule has 0 spiro atoms. The van der Waals surface area contributed by atoms with Crippen LogP contribution < -0.4 is 15.5 Å². The van der Waals surface area contributed by atoms with Gasteiger partial charge in [0.25, 0.3) is 0 Å². The zero-order chi connectivity index (χ0) is 13.9. The molecule has 0 aliphatic carbocycles. The second kappa shape index (κ2) is 5.75. The van der Waals surface area contributed by atoms with E-state index in [2.05, 4.69) is 20.5 Å². The highest BCUT2D eigenvalue weighted by Crippen LogP contribution is 2.22. The van der Waals surface area contributed by atoms with Gasteiger partial charge in [-0.2, -0.15) is 0 Å². The van der Waals surface area contributed by atoms with E-state index in [9.17, 15) is 5.11 Å². The summed E-state index contributed by atoms with van der Waals surface area (Å²) in [5.41, 5.74) is 0.453. The van der Waals surface area contributed by atoms with E-state index in [4.69, 9.17) is 0 Å². The van der Waals surface area contributed by atoms with E-state index in [1.165, 1.54) is 12.1 Å². The molecule has 1 aliphatic heterocycles. The average molecular weight is 264 g/mol. The Morgan fingerprint density at radius 3 is 2.95 bits per heavy atom. The average Bonchev–Trinajstić information content (AvgIpc) is 2.85. The van der Waals surface area contributed by atoms with Gasteiger partial charge in [0, 0.05) is 43.6 Å². The number of nitrogens with one attached hydrogen (secondary N) is 2. The van der Waals surface area contributed by atoms with Gasteiger partial charge >= 0.3 is 0 Å². The van der Waals surface area contributed by atoms with E-state index in [0.29, 0.717) is 12.6 Å². The van der Waals surface area contributed by atoms with Crippen LogP contribution in [0.5, 0.6) is 0 Å². The monoisotopic (exact) mass is 264 g/mol. The van der Waals surface area contributed by atoms with Crippen molar-refractivity contribution < 1.29 is 5.11 Å². The number of anilines is 2. The predicted molar refractivity (Wildman–Crippen MR) is 78.7 cm³/mol. The Kier molecular flexibility index (Phi) is 4.27. The maximum Gasteiger partial charge on any atom is 0.128 e. The van der Waals surface area contributed by atoms with Gasteiger partial charge in [-0.15, -0.1) is 0 Å². The van der Waals surface area contributed by atoms with Crippen LogP contribution >= 0.6 is 0 Å². The molecule has 19 heavy (non-hydrogen) atoms. The quantitative estimate of drug-likeness (QED) is 0.742. The highest BCUT2D eigenvalue weighted by Gasteiger charge is 2.21. The summed E-state index contributed by atoms with van der Waals surface area (Å²) in [5, 5.41) is 16.2. The van der Waals surface area contributed by atoms with Crippen LogP contribution in [-0.4, -0.2) is 48.4 Å². The van der Waals surface area contributed by atoms with Gasteiger partial charge in [0.2, 0.25) is 0 Å². The van der Waals surface area contributed by atoms with E-state index in [1.807, 2.05) is 25.4 Å². The van der Waals surface area contributed by atoms with Crippen molar-refractivity contribution in [1.29, 1.82) is 0 Å². The van der Waals surface area contributed by atoms with E-state index in [0.717, 1.165) is 18.9 Å². The maximum atomic E-state index is 9.72. The SMILES string of the molecule is CN[C@H]1CCN(c2ccnc(NCC(C)(C)O)c2)C1. The Labute approximate surface area is 115 Å². The molecule has 106 valence electrons. The third-order valence-electron chi connectivity index (χ3n) is 3.41. The smallest absolute Gasteiger partial charge is 0.128 e. The Morgan fingerprint density at radius 2 is 2.32 bits per heavy atom. The highest BCUT2D eigenvalue weighted by molar-refractivity contribution is 5.54. The zero-order valence-electron chi connectivity index (χ0n) is 12.0. The third-order valence-corrected chi connectivity index (χ3v) is 3.41.